The molecule has 0 fully saturated rings. The van der Waals surface area contributed by atoms with E-state index < -0.39 is 0 Å². The number of benzene rings is 1. The Morgan fingerprint density at radius 3 is 2.20 bits per heavy atom. The molecule has 0 saturated heterocycles. The van der Waals surface area contributed by atoms with Crippen molar-refractivity contribution in [2.45, 2.75) is 26.2 Å². The molecule has 0 saturated carbocycles. The average Bonchev–Trinajstić information content (AvgIpc) is 2.19. The topological polar surface area (TPSA) is 20.2 Å². The molecule has 0 radical (unpaired) electrons. The van der Waals surface area contributed by atoms with Crippen LogP contribution in [0.15, 0.2) is 48.6 Å². The lowest BCUT2D eigenvalue weighted by Crippen LogP contribution is -2.18. The summed E-state index contributed by atoms with van der Waals surface area (Å²) in [5, 5.41) is 9.24. The molecule has 0 aliphatic rings. The van der Waals surface area contributed by atoms with Gasteiger partial charge in [-0.1, -0.05) is 44.7 Å². The van der Waals surface area contributed by atoms with Gasteiger partial charge in [-0.25, -0.2) is 0 Å². The maximum absolute atomic E-state index is 9.24. The molecular formula is C14H18O. The monoisotopic (exact) mass is 202 g/mol. The Morgan fingerprint density at radius 2 is 1.80 bits per heavy atom. The van der Waals surface area contributed by atoms with E-state index >= 15 is 0 Å². The van der Waals surface area contributed by atoms with Crippen molar-refractivity contribution in [2.24, 2.45) is 0 Å². The summed E-state index contributed by atoms with van der Waals surface area (Å²) < 4.78 is 0. The Balaban J connectivity index is 3.15. The first kappa shape index (κ1) is 11.6. The van der Waals surface area contributed by atoms with Crippen LogP contribution in [0, 0.1) is 0 Å². The van der Waals surface area contributed by atoms with Gasteiger partial charge in [-0.15, -0.1) is 0 Å². The second kappa shape index (κ2) is 4.35. The van der Waals surface area contributed by atoms with Crippen LogP contribution in [0.3, 0.4) is 0 Å². The highest BCUT2D eigenvalue weighted by molar-refractivity contribution is 5.40. The number of phenolic OH excluding ortho intramolecular Hbond substituents is 1. The zero-order chi connectivity index (χ0) is 11.5. The highest BCUT2D eigenvalue weighted by Gasteiger charge is 2.22. The lowest BCUT2D eigenvalue weighted by molar-refractivity contribution is 0.474. The molecule has 15 heavy (non-hydrogen) atoms. The number of phenols is 1. The third kappa shape index (κ3) is 2.30. The summed E-state index contributed by atoms with van der Waals surface area (Å²) in [6, 6.07) is 7.32. The maximum Gasteiger partial charge on any atom is 0.115 e. The molecule has 1 aromatic rings. The standard InChI is InChI=1S/C14H18O/c1-5-11(6-2)14(3,4)12-7-9-13(15)10-8-12/h5-10,15H,1H2,2-4H3. The molecule has 0 spiro atoms. The van der Waals surface area contributed by atoms with Gasteiger partial charge in [-0.05, 0) is 30.2 Å². The average molecular weight is 202 g/mol. The zero-order valence-electron chi connectivity index (χ0n) is 9.62. The van der Waals surface area contributed by atoms with E-state index in [4.69, 9.17) is 0 Å². The van der Waals surface area contributed by atoms with Crippen molar-refractivity contribution in [2.75, 3.05) is 0 Å². The van der Waals surface area contributed by atoms with Crippen LogP contribution in [0.1, 0.15) is 26.3 Å². The van der Waals surface area contributed by atoms with E-state index in [2.05, 4.69) is 26.5 Å². The summed E-state index contributed by atoms with van der Waals surface area (Å²) in [4.78, 5) is 0. The Kier molecular flexibility index (Phi) is 3.35. The molecular weight excluding hydrogens is 184 g/mol. The quantitative estimate of drug-likeness (QED) is 0.739. The van der Waals surface area contributed by atoms with Gasteiger partial charge in [0, 0.05) is 5.41 Å². The summed E-state index contributed by atoms with van der Waals surface area (Å²) >= 11 is 0. The summed E-state index contributed by atoms with van der Waals surface area (Å²) in [7, 11) is 0. The first-order valence-electron chi connectivity index (χ1n) is 5.11. The summed E-state index contributed by atoms with van der Waals surface area (Å²) in [5.41, 5.74) is 2.30. The molecule has 0 atom stereocenters. The van der Waals surface area contributed by atoms with Gasteiger partial charge in [0.05, 0.1) is 0 Å². The van der Waals surface area contributed by atoms with Crippen molar-refractivity contribution in [1.29, 1.82) is 0 Å². The van der Waals surface area contributed by atoms with Gasteiger partial charge in [0.25, 0.3) is 0 Å². The number of allylic oxidation sites excluding steroid dienone is 3. The smallest absolute Gasteiger partial charge is 0.115 e. The fraction of sp³-hybridized carbons (Fsp3) is 0.286. The minimum Gasteiger partial charge on any atom is -0.508 e. The van der Waals surface area contributed by atoms with Crippen molar-refractivity contribution in [1.82, 2.24) is 0 Å². The summed E-state index contributed by atoms with van der Waals surface area (Å²) in [5.74, 6) is 0.301. The molecule has 1 N–H and O–H groups in total. The van der Waals surface area contributed by atoms with Gasteiger partial charge in [0.1, 0.15) is 5.75 Å². The molecule has 0 unspecified atom stereocenters. The zero-order valence-corrected chi connectivity index (χ0v) is 9.62. The maximum atomic E-state index is 9.24. The first-order valence-corrected chi connectivity index (χ1v) is 5.11. The van der Waals surface area contributed by atoms with E-state index in [0.717, 1.165) is 0 Å². The lowest BCUT2D eigenvalue weighted by Gasteiger charge is -2.27. The van der Waals surface area contributed by atoms with Crippen LogP contribution in [0.2, 0.25) is 0 Å². The van der Waals surface area contributed by atoms with Gasteiger partial charge in [-0.3, -0.25) is 0 Å². The van der Waals surface area contributed by atoms with Gasteiger partial charge in [0.15, 0.2) is 0 Å². The molecule has 80 valence electrons. The molecule has 0 aliphatic heterocycles. The minimum absolute atomic E-state index is 0.0653. The van der Waals surface area contributed by atoms with Gasteiger partial charge >= 0.3 is 0 Å². The van der Waals surface area contributed by atoms with Crippen molar-refractivity contribution in [3.8, 4) is 5.75 Å². The van der Waals surface area contributed by atoms with Crippen LogP contribution in [-0.4, -0.2) is 5.11 Å². The number of hydrogen-bond donors (Lipinski definition) is 1. The molecule has 1 rings (SSSR count). The van der Waals surface area contributed by atoms with Crippen molar-refractivity contribution >= 4 is 0 Å². The van der Waals surface area contributed by atoms with Crippen LogP contribution in [-0.2, 0) is 5.41 Å². The lowest BCUT2D eigenvalue weighted by atomic mass is 9.77. The highest BCUT2D eigenvalue weighted by Crippen LogP contribution is 2.32. The number of hydrogen-bond acceptors (Lipinski definition) is 1. The van der Waals surface area contributed by atoms with Gasteiger partial charge in [0.2, 0.25) is 0 Å². The normalized spacial score (nSPS) is 12.6. The number of rotatable bonds is 3. The Labute approximate surface area is 91.8 Å². The van der Waals surface area contributed by atoms with Crippen LogP contribution in [0.4, 0.5) is 0 Å². The molecule has 1 heteroatoms. The van der Waals surface area contributed by atoms with Crippen LogP contribution in [0.5, 0.6) is 5.75 Å². The molecule has 0 aliphatic carbocycles. The number of aromatic hydroxyl groups is 1. The molecule has 1 aromatic carbocycles. The SMILES string of the molecule is C=CC(=CC)C(C)(C)c1ccc(O)cc1. The predicted octanol–water partition coefficient (Wildman–Crippen LogP) is 3.80. The highest BCUT2D eigenvalue weighted by atomic mass is 16.3. The van der Waals surface area contributed by atoms with Crippen molar-refractivity contribution in [3.05, 3.63) is 54.1 Å². The molecule has 1 nitrogen and oxygen atoms in total. The van der Waals surface area contributed by atoms with Crippen LogP contribution < -0.4 is 0 Å². The fourth-order valence-electron chi connectivity index (χ4n) is 1.78. The van der Waals surface area contributed by atoms with Gasteiger partial charge < -0.3 is 5.11 Å². The second-order valence-corrected chi connectivity index (χ2v) is 4.12. The van der Waals surface area contributed by atoms with Crippen LogP contribution in [0.25, 0.3) is 0 Å². The van der Waals surface area contributed by atoms with E-state index in [9.17, 15) is 5.11 Å². The van der Waals surface area contributed by atoms with E-state index in [1.165, 1.54) is 11.1 Å². The third-order valence-electron chi connectivity index (χ3n) is 2.84. The molecule has 0 bridgehead atoms. The third-order valence-corrected chi connectivity index (χ3v) is 2.84. The van der Waals surface area contributed by atoms with E-state index in [-0.39, 0.29) is 5.41 Å². The largest absolute Gasteiger partial charge is 0.508 e. The van der Waals surface area contributed by atoms with Crippen molar-refractivity contribution in [3.63, 3.8) is 0 Å². The van der Waals surface area contributed by atoms with Gasteiger partial charge in [-0.2, -0.15) is 0 Å². The molecule has 0 heterocycles. The van der Waals surface area contributed by atoms with Crippen LogP contribution >= 0.6 is 0 Å². The van der Waals surface area contributed by atoms with E-state index in [1.54, 1.807) is 12.1 Å². The Bertz CT molecular complexity index is 369. The predicted molar refractivity (Wildman–Crippen MR) is 65.1 cm³/mol. The van der Waals surface area contributed by atoms with E-state index in [1.807, 2.05) is 25.1 Å². The van der Waals surface area contributed by atoms with Crippen molar-refractivity contribution < 1.29 is 5.11 Å². The van der Waals surface area contributed by atoms with E-state index in [0.29, 0.717) is 5.75 Å². The Hall–Kier alpha value is -1.50. The summed E-state index contributed by atoms with van der Waals surface area (Å²) in [6.45, 7) is 10.1. The summed E-state index contributed by atoms with van der Waals surface area (Å²) in [6.07, 6.45) is 3.95. The minimum atomic E-state index is -0.0653. The Morgan fingerprint density at radius 1 is 1.27 bits per heavy atom. The fourth-order valence-corrected chi connectivity index (χ4v) is 1.78. The molecule has 0 aromatic heterocycles. The second-order valence-electron chi connectivity index (χ2n) is 4.12. The first-order chi connectivity index (χ1) is 7.02. The molecule has 0 amide bonds.